The van der Waals surface area contributed by atoms with Crippen LogP contribution in [0.25, 0.3) is 38.6 Å². The van der Waals surface area contributed by atoms with E-state index in [1.54, 1.807) is 0 Å². The number of rotatable bonds is 5. The Labute approximate surface area is 437 Å². The third kappa shape index (κ3) is 7.09. The van der Waals surface area contributed by atoms with Gasteiger partial charge in [-0.1, -0.05) is 145 Å². The first-order valence-corrected chi connectivity index (χ1v) is 27.6. The van der Waals surface area contributed by atoms with Crippen LogP contribution in [-0.2, 0) is 23.0 Å². The average molecular weight is 970 g/mol. The van der Waals surface area contributed by atoms with Gasteiger partial charge in [-0.25, -0.2) is 0 Å². The molecule has 6 bridgehead atoms. The summed E-state index contributed by atoms with van der Waals surface area (Å²) in [5.41, 5.74) is 20.1. The highest BCUT2D eigenvalue weighted by Crippen LogP contribution is 2.55. The van der Waals surface area contributed by atoms with Gasteiger partial charge in [0.1, 0.15) is 22.9 Å². The summed E-state index contributed by atoms with van der Waals surface area (Å²) in [4.78, 5) is 8.07. The predicted octanol–water partition coefficient (Wildman–Crippen LogP) is 18.5. The molecule has 0 N–H and O–H groups in total. The Hall–Kier alpha value is -7.24. The quantitative estimate of drug-likeness (QED) is 0.161. The lowest BCUT2D eigenvalue weighted by molar-refractivity contribution is 0.287. The Balaban J connectivity index is 1.15. The third-order valence-electron chi connectivity index (χ3n) is 17.4. The van der Waals surface area contributed by atoms with Crippen molar-refractivity contribution >= 4 is 67.0 Å². The molecule has 3 heterocycles. The summed E-state index contributed by atoms with van der Waals surface area (Å²) >= 11 is 0. The first kappa shape index (κ1) is 45.4. The summed E-state index contributed by atoms with van der Waals surface area (Å²) in [6, 6.07) is 37.8. The van der Waals surface area contributed by atoms with Crippen molar-refractivity contribution in [2.75, 3.05) is 14.7 Å². The van der Waals surface area contributed by atoms with Crippen molar-refractivity contribution in [2.45, 2.75) is 124 Å². The number of ether oxygens (including phenoxy) is 1. The van der Waals surface area contributed by atoms with Crippen molar-refractivity contribution in [3.8, 4) is 0 Å². The number of furan rings is 1. The van der Waals surface area contributed by atoms with Gasteiger partial charge in [0.05, 0.1) is 35.1 Å². The van der Waals surface area contributed by atoms with Crippen molar-refractivity contribution in [3.63, 3.8) is 0 Å². The lowest BCUT2D eigenvalue weighted by atomic mass is 9.79. The summed E-state index contributed by atoms with van der Waals surface area (Å²) in [7, 11) is 0. The third-order valence-corrected chi connectivity index (χ3v) is 17.4. The standard InChI is InChI=1S/C69H67N3O2/c1-40(2)45-33-49-37-51(35-45)71(59-19-13-17-55-53-15-9-11-21-63(53)73-67(55)59)61-39-62(58-30-26-44-32-47(69(6,7)8)31-43-25-29-57(61)66(58)65(43)44)72(60-20-14-18-56-54-16-10-12-22-64(54)74-68(56)60)52-36-46(41(3)4)34-50(38-52)70(49)48-27-23-42(5)24-28-48/h9-11,13-17,20-21,23-25,27-29,31-36,38-41,49,56,59H,12,18-19,22,26,30,37H2,1-8H3. The Morgan fingerprint density at radius 3 is 2.34 bits per heavy atom. The second kappa shape index (κ2) is 16.9. The fourth-order valence-corrected chi connectivity index (χ4v) is 13.5. The molecule has 0 saturated carbocycles. The van der Waals surface area contributed by atoms with Gasteiger partial charge in [0.2, 0.25) is 0 Å². The number of fused-ring (bicyclic) bond motifs is 13. The Kier molecular flexibility index (Phi) is 10.4. The minimum absolute atomic E-state index is 0.00373. The van der Waals surface area contributed by atoms with E-state index in [0.717, 1.165) is 79.2 Å². The topological polar surface area (TPSA) is 32.1 Å². The van der Waals surface area contributed by atoms with Crippen LogP contribution in [0.5, 0.6) is 0 Å². The minimum Gasteiger partial charge on any atom is -0.463 e. The second-order valence-electron chi connectivity index (χ2n) is 23.8. The van der Waals surface area contributed by atoms with Crippen LogP contribution in [0.2, 0.25) is 0 Å². The molecular formula is C69H67N3O2. The normalized spacial score (nSPS) is 20.9. The van der Waals surface area contributed by atoms with Crippen molar-refractivity contribution < 1.29 is 9.15 Å². The van der Waals surface area contributed by atoms with Crippen LogP contribution >= 0.6 is 0 Å². The molecule has 5 aliphatic carbocycles. The molecule has 7 aromatic rings. The highest BCUT2D eigenvalue weighted by atomic mass is 16.5. The fraction of sp³-hybridized carbons (Fsp3) is 0.304. The molecule has 5 heteroatoms. The molecule has 6 aromatic carbocycles. The maximum atomic E-state index is 7.26. The summed E-state index contributed by atoms with van der Waals surface area (Å²) in [5.74, 6) is 4.00. The Morgan fingerprint density at radius 2 is 1.51 bits per heavy atom. The molecule has 2 aliphatic heterocycles. The molecule has 5 nitrogen and oxygen atoms in total. The summed E-state index contributed by atoms with van der Waals surface area (Å²) in [6.07, 6.45) is 25.7. The van der Waals surface area contributed by atoms with E-state index >= 15 is 0 Å². The van der Waals surface area contributed by atoms with Gasteiger partial charge in [0.25, 0.3) is 0 Å². The molecule has 14 rings (SSSR count). The van der Waals surface area contributed by atoms with E-state index < -0.39 is 0 Å². The van der Waals surface area contributed by atoms with Crippen molar-refractivity contribution in [1.29, 1.82) is 0 Å². The number of benzene rings is 6. The molecule has 3 atom stereocenters. The number of para-hydroxylation sites is 1. The minimum atomic E-state index is -0.111. The van der Waals surface area contributed by atoms with E-state index in [1.165, 1.54) is 99.9 Å². The van der Waals surface area contributed by atoms with Gasteiger partial charge < -0.3 is 23.9 Å². The number of allylic oxidation sites excluding steroid dienone is 8. The number of aryl methyl sites for hydroxylation is 3. The van der Waals surface area contributed by atoms with Gasteiger partial charge in [-0.2, -0.15) is 0 Å². The smallest absolute Gasteiger partial charge is 0.135 e. The van der Waals surface area contributed by atoms with Gasteiger partial charge in [-0.15, -0.1) is 0 Å². The van der Waals surface area contributed by atoms with Crippen LogP contribution in [0.1, 0.15) is 132 Å². The Bertz CT molecular complexity index is 3760. The predicted molar refractivity (Wildman–Crippen MR) is 309 cm³/mol. The average Bonchev–Trinajstić information content (AvgIpc) is 3.98. The van der Waals surface area contributed by atoms with Crippen molar-refractivity contribution in [2.24, 2.45) is 11.8 Å². The van der Waals surface area contributed by atoms with Gasteiger partial charge in [0.15, 0.2) is 0 Å². The van der Waals surface area contributed by atoms with Crippen LogP contribution < -0.4 is 14.7 Å². The van der Waals surface area contributed by atoms with Gasteiger partial charge in [0, 0.05) is 57.5 Å². The van der Waals surface area contributed by atoms with Crippen LogP contribution in [-0.4, -0.2) is 6.04 Å². The van der Waals surface area contributed by atoms with Gasteiger partial charge in [-0.05, 0) is 155 Å². The number of hydrogen-bond donors (Lipinski definition) is 0. The summed E-state index contributed by atoms with van der Waals surface area (Å²) in [6.45, 7) is 18.7. The molecule has 3 unspecified atom stereocenters. The lowest BCUT2D eigenvalue weighted by Gasteiger charge is -2.44. The van der Waals surface area contributed by atoms with Crippen molar-refractivity contribution in [3.05, 3.63) is 213 Å². The summed E-state index contributed by atoms with van der Waals surface area (Å²) < 4.78 is 14.4. The van der Waals surface area contributed by atoms with Crippen LogP contribution in [0.15, 0.2) is 178 Å². The SMILES string of the molecule is Cc1ccc(N2c3cc(C(C)C)cc(c3)N(C3=C4OC5=C(C=CCC5)C4CC=C3)c3cc(c4ccc5cc(C(C)(C)C)cc6c5c4c3CC6)N(C3CC=Cc4c3oc3ccccc43)C3=CC(C(C)C)=CC2C3)cc1. The van der Waals surface area contributed by atoms with Crippen molar-refractivity contribution in [1.82, 2.24) is 0 Å². The zero-order chi connectivity index (χ0) is 50.3. The van der Waals surface area contributed by atoms with Gasteiger partial charge in [-0.3, -0.25) is 0 Å². The first-order chi connectivity index (χ1) is 35.9. The molecule has 1 aromatic heterocycles. The van der Waals surface area contributed by atoms with E-state index in [0.29, 0.717) is 5.92 Å². The largest absolute Gasteiger partial charge is 0.463 e. The second-order valence-corrected chi connectivity index (χ2v) is 23.8. The summed E-state index contributed by atoms with van der Waals surface area (Å²) in [5, 5.41) is 6.57. The van der Waals surface area contributed by atoms with Crippen LogP contribution in [0.3, 0.4) is 0 Å². The van der Waals surface area contributed by atoms with Crippen LogP contribution in [0, 0.1) is 18.8 Å². The highest BCUT2D eigenvalue weighted by Gasteiger charge is 2.41. The van der Waals surface area contributed by atoms with E-state index in [4.69, 9.17) is 9.15 Å². The molecule has 0 saturated heterocycles. The number of hydrogen-bond acceptors (Lipinski definition) is 5. The van der Waals surface area contributed by atoms with E-state index in [9.17, 15) is 0 Å². The van der Waals surface area contributed by atoms with E-state index in [-0.39, 0.29) is 29.3 Å². The monoisotopic (exact) mass is 970 g/mol. The molecular weight excluding hydrogens is 903 g/mol. The lowest BCUT2D eigenvalue weighted by Crippen LogP contribution is -2.38. The molecule has 7 aliphatic rings. The molecule has 0 amide bonds. The van der Waals surface area contributed by atoms with Crippen LogP contribution in [0.4, 0.5) is 28.4 Å². The zero-order valence-electron chi connectivity index (χ0n) is 44.4. The molecule has 74 heavy (non-hydrogen) atoms. The first-order valence-electron chi connectivity index (χ1n) is 27.6. The molecule has 0 spiro atoms. The fourth-order valence-electron chi connectivity index (χ4n) is 13.5. The maximum Gasteiger partial charge on any atom is 0.135 e. The number of anilines is 5. The molecule has 0 radical (unpaired) electrons. The molecule has 0 fully saturated rings. The maximum absolute atomic E-state index is 7.26. The highest BCUT2D eigenvalue weighted by molar-refractivity contribution is 6.18. The van der Waals surface area contributed by atoms with E-state index in [2.05, 4.69) is 216 Å². The van der Waals surface area contributed by atoms with E-state index in [1.807, 2.05) is 0 Å². The molecule has 370 valence electrons. The zero-order valence-corrected chi connectivity index (χ0v) is 44.4. The Morgan fingerprint density at radius 1 is 0.689 bits per heavy atom. The number of nitrogens with zero attached hydrogens (tertiary/aromatic N) is 3. The van der Waals surface area contributed by atoms with Gasteiger partial charge >= 0.3 is 0 Å².